The maximum atomic E-state index is 12.3. The van der Waals surface area contributed by atoms with Gasteiger partial charge in [-0.15, -0.1) is 0 Å². The number of hydrazone groups is 1. The lowest BCUT2D eigenvalue weighted by molar-refractivity contribution is -0.117. The summed E-state index contributed by atoms with van der Waals surface area (Å²) in [6.07, 6.45) is 3.49. The Balaban J connectivity index is 1.72. The van der Waals surface area contributed by atoms with Crippen LogP contribution in [0.2, 0.25) is 0 Å². The van der Waals surface area contributed by atoms with Gasteiger partial charge in [-0.05, 0) is 30.3 Å². The summed E-state index contributed by atoms with van der Waals surface area (Å²) < 4.78 is 0. The summed E-state index contributed by atoms with van der Waals surface area (Å²) in [5, 5.41) is 8.76. The van der Waals surface area contributed by atoms with Crippen LogP contribution in [0.25, 0.3) is 0 Å². The molecule has 2 aromatic carbocycles. The van der Waals surface area contributed by atoms with Gasteiger partial charge < -0.3 is 11.1 Å². The van der Waals surface area contributed by atoms with E-state index < -0.39 is 5.92 Å². The van der Waals surface area contributed by atoms with E-state index in [1.807, 2.05) is 60.7 Å². The lowest BCUT2D eigenvalue weighted by Crippen LogP contribution is -2.37. The predicted octanol–water partition coefficient (Wildman–Crippen LogP) is 2.55. The Morgan fingerprint density at radius 3 is 2.32 bits per heavy atom. The smallest absolute Gasteiger partial charge is 0.239 e. The molecular formula is C17H16N4O. The number of amides is 1. The molecule has 0 radical (unpaired) electrons. The summed E-state index contributed by atoms with van der Waals surface area (Å²) in [5.41, 5.74) is 7.59. The Bertz CT molecular complexity index is 710. The third kappa shape index (κ3) is 2.98. The van der Waals surface area contributed by atoms with Gasteiger partial charge in [0.15, 0.2) is 0 Å². The van der Waals surface area contributed by atoms with Crippen molar-refractivity contribution in [3.8, 4) is 0 Å². The number of nitrogens with zero attached hydrogens (tertiary/aromatic N) is 2. The second-order valence-electron chi connectivity index (χ2n) is 4.88. The molecule has 0 saturated heterocycles. The minimum absolute atomic E-state index is 0.198. The highest BCUT2D eigenvalue weighted by Gasteiger charge is 2.24. The van der Waals surface area contributed by atoms with Crippen molar-refractivity contribution in [2.45, 2.75) is 0 Å². The number of benzene rings is 2. The van der Waals surface area contributed by atoms with Crippen molar-refractivity contribution < 1.29 is 4.79 Å². The molecule has 0 aromatic heterocycles. The van der Waals surface area contributed by atoms with E-state index in [9.17, 15) is 4.79 Å². The molecule has 3 rings (SSSR count). The Morgan fingerprint density at radius 2 is 1.68 bits per heavy atom. The van der Waals surface area contributed by atoms with Gasteiger partial charge in [0.2, 0.25) is 5.91 Å². The minimum Gasteiger partial charge on any atom is -0.385 e. The van der Waals surface area contributed by atoms with Gasteiger partial charge in [-0.3, -0.25) is 4.79 Å². The molecule has 1 amide bonds. The molecule has 110 valence electrons. The summed E-state index contributed by atoms with van der Waals surface area (Å²) in [6.45, 7) is 0. The summed E-state index contributed by atoms with van der Waals surface area (Å²) in [4.78, 5) is 12.3. The van der Waals surface area contributed by atoms with Gasteiger partial charge in [-0.2, -0.15) is 5.10 Å². The first kappa shape index (κ1) is 13.9. The van der Waals surface area contributed by atoms with Crippen molar-refractivity contribution in [2.75, 3.05) is 10.3 Å². The van der Waals surface area contributed by atoms with E-state index in [0.717, 1.165) is 11.4 Å². The number of rotatable bonds is 3. The normalized spacial score (nSPS) is 17.0. The van der Waals surface area contributed by atoms with Crippen LogP contribution in [0.3, 0.4) is 0 Å². The van der Waals surface area contributed by atoms with Crippen LogP contribution in [-0.2, 0) is 4.79 Å². The predicted molar refractivity (Wildman–Crippen MR) is 88.2 cm³/mol. The third-order valence-corrected chi connectivity index (χ3v) is 3.31. The largest absolute Gasteiger partial charge is 0.385 e. The Labute approximate surface area is 128 Å². The molecule has 5 nitrogen and oxygen atoms in total. The number of carbonyl (C=O) groups excluding carboxylic acids is 1. The second kappa shape index (κ2) is 6.13. The average Bonchev–Trinajstić information content (AvgIpc) is 2.56. The summed E-state index contributed by atoms with van der Waals surface area (Å²) in [6, 6.07) is 18.9. The van der Waals surface area contributed by atoms with Crippen LogP contribution >= 0.6 is 0 Å². The first-order valence-corrected chi connectivity index (χ1v) is 6.96. The number of hydrogen-bond acceptors (Lipinski definition) is 4. The average molecular weight is 292 g/mol. The number of para-hydroxylation sites is 2. The van der Waals surface area contributed by atoms with Crippen molar-refractivity contribution >= 4 is 23.1 Å². The van der Waals surface area contributed by atoms with E-state index in [4.69, 9.17) is 5.73 Å². The van der Waals surface area contributed by atoms with Gasteiger partial charge in [0.25, 0.3) is 0 Å². The quantitative estimate of drug-likeness (QED) is 0.913. The topological polar surface area (TPSA) is 70.7 Å². The van der Waals surface area contributed by atoms with Crippen molar-refractivity contribution in [1.29, 1.82) is 0 Å². The second-order valence-corrected chi connectivity index (χ2v) is 4.88. The first-order chi connectivity index (χ1) is 10.7. The zero-order valence-corrected chi connectivity index (χ0v) is 11.9. The maximum Gasteiger partial charge on any atom is 0.239 e. The summed E-state index contributed by atoms with van der Waals surface area (Å²) in [5.74, 6) is -0.503. The van der Waals surface area contributed by atoms with Gasteiger partial charge in [0.05, 0.1) is 5.69 Å². The molecule has 0 bridgehead atoms. The van der Waals surface area contributed by atoms with Crippen LogP contribution in [0.4, 0.5) is 11.4 Å². The molecule has 1 atom stereocenters. The molecule has 1 aliphatic heterocycles. The van der Waals surface area contributed by atoms with Gasteiger partial charge >= 0.3 is 0 Å². The molecule has 1 unspecified atom stereocenters. The van der Waals surface area contributed by atoms with E-state index in [2.05, 4.69) is 10.4 Å². The van der Waals surface area contributed by atoms with E-state index >= 15 is 0 Å². The van der Waals surface area contributed by atoms with Gasteiger partial charge in [0, 0.05) is 11.9 Å². The van der Waals surface area contributed by atoms with Crippen molar-refractivity contribution in [3.05, 3.63) is 72.9 Å². The van der Waals surface area contributed by atoms with Crippen molar-refractivity contribution in [2.24, 2.45) is 16.8 Å². The Hall–Kier alpha value is -3.08. The molecular weight excluding hydrogens is 276 g/mol. The van der Waals surface area contributed by atoms with Crippen LogP contribution < -0.4 is 16.1 Å². The number of nitrogens with two attached hydrogens (primary N) is 1. The van der Waals surface area contributed by atoms with Crippen LogP contribution in [0.5, 0.6) is 0 Å². The van der Waals surface area contributed by atoms with Gasteiger partial charge in [-0.25, -0.2) is 5.01 Å². The van der Waals surface area contributed by atoms with Crippen LogP contribution in [-0.4, -0.2) is 11.7 Å². The fraction of sp³-hybridized carbons (Fsp3) is 0.0588. The lowest BCUT2D eigenvalue weighted by Gasteiger charge is -2.23. The van der Waals surface area contributed by atoms with Gasteiger partial charge in [-0.1, -0.05) is 36.4 Å². The van der Waals surface area contributed by atoms with Gasteiger partial charge in [0.1, 0.15) is 11.8 Å². The SMILES string of the molecule is NC1=NN(c2ccccc2)C=CC1C(=O)Nc1ccccc1. The molecule has 3 N–H and O–H groups in total. The number of nitrogens with one attached hydrogen (secondary N) is 1. The highest BCUT2D eigenvalue weighted by Crippen LogP contribution is 2.19. The van der Waals surface area contributed by atoms with Crippen molar-refractivity contribution in [1.82, 2.24) is 0 Å². The van der Waals surface area contributed by atoms with E-state index in [0.29, 0.717) is 0 Å². The number of amidine groups is 1. The molecule has 1 aliphatic rings. The molecule has 2 aromatic rings. The summed E-state index contributed by atoms with van der Waals surface area (Å²) >= 11 is 0. The third-order valence-electron chi connectivity index (χ3n) is 3.31. The van der Waals surface area contributed by atoms with E-state index in [1.54, 1.807) is 17.3 Å². The molecule has 0 fully saturated rings. The van der Waals surface area contributed by atoms with E-state index in [1.165, 1.54) is 0 Å². The molecule has 5 heteroatoms. The van der Waals surface area contributed by atoms with Crippen LogP contribution in [0, 0.1) is 5.92 Å². The summed E-state index contributed by atoms with van der Waals surface area (Å²) in [7, 11) is 0. The number of hydrogen-bond donors (Lipinski definition) is 2. The molecule has 1 heterocycles. The Kier molecular flexibility index (Phi) is 3.87. The number of carbonyl (C=O) groups is 1. The van der Waals surface area contributed by atoms with E-state index in [-0.39, 0.29) is 11.7 Å². The van der Waals surface area contributed by atoms with Crippen LogP contribution in [0.15, 0.2) is 78.0 Å². The minimum atomic E-state index is -0.569. The zero-order valence-electron chi connectivity index (χ0n) is 11.9. The monoisotopic (exact) mass is 292 g/mol. The fourth-order valence-electron chi connectivity index (χ4n) is 2.17. The molecule has 22 heavy (non-hydrogen) atoms. The first-order valence-electron chi connectivity index (χ1n) is 6.96. The van der Waals surface area contributed by atoms with Crippen LogP contribution in [0.1, 0.15) is 0 Å². The maximum absolute atomic E-state index is 12.3. The highest BCUT2D eigenvalue weighted by molar-refractivity contribution is 6.10. The molecule has 0 aliphatic carbocycles. The highest BCUT2D eigenvalue weighted by atomic mass is 16.1. The standard InChI is InChI=1S/C17H16N4O/c18-16-15(17(22)19-13-7-3-1-4-8-13)11-12-21(20-16)14-9-5-2-6-10-14/h1-12,15H,(H2,18,20)(H,19,22). The zero-order chi connectivity index (χ0) is 15.4. The fourth-order valence-corrected chi connectivity index (χ4v) is 2.17. The van der Waals surface area contributed by atoms with Crippen molar-refractivity contribution in [3.63, 3.8) is 0 Å². The number of anilines is 2. The molecule has 0 saturated carbocycles. The Morgan fingerprint density at radius 1 is 1.05 bits per heavy atom. The molecule has 0 spiro atoms. The lowest BCUT2D eigenvalue weighted by atomic mass is 10.1.